The molecule has 0 fully saturated rings. The molecule has 10 heteroatoms. The van der Waals surface area contributed by atoms with E-state index in [9.17, 15) is 0 Å². The maximum atomic E-state index is 7.42. The van der Waals surface area contributed by atoms with Gasteiger partial charge in [0.1, 0.15) is 49.4 Å². The summed E-state index contributed by atoms with van der Waals surface area (Å²) >= 11 is 0. The molecule has 0 unspecified atom stereocenters. The van der Waals surface area contributed by atoms with Crippen LogP contribution in [0.3, 0.4) is 0 Å². The summed E-state index contributed by atoms with van der Waals surface area (Å²) in [5.74, 6) is 3.64. The van der Waals surface area contributed by atoms with Crippen LogP contribution in [0.1, 0.15) is 274 Å². The average molecular weight is 1340 g/mol. The Morgan fingerprint density at radius 1 is 0.235 bits per heavy atom. The van der Waals surface area contributed by atoms with Gasteiger partial charge in [-0.15, -0.1) is 0 Å². The molecule has 4 aliphatic heterocycles. The van der Waals surface area contributed by atoms with Crippen molar-refractivity contribution < 1.29 is 37.9 Å². The van der Waals surface area contributed by atoms with Gasteiger partial charge in [-0.2, -0.15) is 0 Å². The predicted octanol–water partition coefficient (Wildman–Crippen LogP) is 18.3. The molecule has 0 aliphatic carbocycles. The molecule has 10 rings (SSSR count). The highest BCUT2D eigenvalue weighted by molar-refractivity contribution is 5.60. The summed E-state index contributed by atoms with van der Waals surface area (Å²) in [5.41, 5.74) is 36.4. The summed E-state index contributed by atoms with van der Waals surface area (Å²) < 4.78 is 55.5. The van der Waals surface area contributed by atoms with Crippen LogP contribution in [-0.4, -0.2) is 92.4 Å². The fraction of sp³-hybridized carbons (Fsp3) is 0.591. The van der Waals surface area contributed by atoms with Crippen molar-refractivity contribution in [3.63, 3.8) is 0 Å². The first-order valence-corrected chi connectivity index (χ1v) is 37.5. The number of rotatable bonds is 10. The molecule has 0 radical (unpaired) electrons. The molecule has 4 aliphatic rings. The lowest BCUT2D eigenvalue weighted by Crippen LogP contribution is -2.18. The minimum atomic E-state index is -0.204. The van der Waals surface area contributed by atoms with Crippen LogP contribution in [0.2, 0.25) is 0 Å². The molecule has 6 aromatic carbocycles. The van der Waals surface area contributed by atoms with Gasteiger partial charge in [-0.1, -0.05) is 210 Å². The highest BCUT2D eigenvalue weighted by Gasteiger charge is 2.32. The fourth-order valence-corrected chi connectivity index (χ4v) is 14.2. The van der Waals surface area contributed by atoms with Crippen molar-refractivity contribution >= 4 is 0 Å². The van der Waals surface area contributed by atoms with E-state index in [4.69, 9.17) is 49.4 Å². The summed E-state index contributed by atoms with van der Waals surface area (Å²) in [6.45, 7) is 48.5. The van der Waals surface area contributed by atoms with Gasteiger partial charge < -0.3 is 49.4 Å². The average Bonchev–Trinajstić information content (AvgIpc) is 0.778. The number of hydrogen-bond donors (Lipinski definition) is 2. The van der Waals surface area contributed by atoms with Crippen molar-refractivity contribution in [1.82, 2.24) is 0 Å². The Labute approximate surface area is 592 Å². The molecule has 0 atom stereocenters. The van der Waals surface area contributed by atoms with Gasteiger partial charge >= 0.3 is 0 Å². The van der Waals surface area contributed by atoms with Crippen LogP contribution in [0.5, 0.6) is 23.0 Å². The van der Waals surface area contributed by atoms with Crippen LogP contribution in [-0.2, 0) is 103 Å². The maximum Gasteiger partial charge on any atom is 0.126 e. The molecule has 0 spiro atoms. The third-order valence-corrected chi connectivity index (χ3v) is 20.2. The topological polar surface area (TPSA) is 126 Å². The summed E-state index contributed by atoms with van der Waals surface area (Å²) in [4.78, 5) is 0. The van der Waals surface area contributed by atoms with Crippen molar-refractivity contribution in [3.05, 3.63) is 184 Å². The van der Waals surface area contributed by atoms with Gasteiger partial charge in [0.2, 0.25) is 0 Å². The predicted molar refractivity (Wildman–Crippen MR) is 406 cm³/mol. The number of nitrogens with two attached hydrogens (primary N) is 2. The van der Waals surface area contributed by atoms with Crippen LogP contribution >= 0.6 is 0 Å². The van der Waals surface area contributed by atoms with Crippen LogP contribution in [0.4, 0.5) is 0 Å². The van der Waals surface area contributed by atoms with Gasteiger partial charge in [0.05, 0.1) is 52.9 Å². The second kappa shape index (κ2) is 32.9. The van der Waals surface area contributed by atoms with Crippen molar-refractivity contribution in [2.45, 2.75) is 247 Å². The molecular formula is C88H126N2O8. The molecular weight excluding hydrogens is 1210 g/mol. The van der Waals surface area contributed by atoms with Crippen LogP contribution < -0.4 is 30.4 Å². The Kier molecular flexibility index (Phi) is 25.7. The van der Waals surface area contributed by atoms with Crippen molar-refractivity contribution in [3.8, 4) is 23.0 Å². The van der Waals surface area contributed by atoms with Gasteiger partial charge in [-0.3, -0.25) is 0 Å². The van der Waals surface area contributed by atoms with Gasteiger partial charge in [0.25, 0.3) is 0 Å². The van der Waals surface area contributed by atoms with E-state index >= 15 is 0 Å². The van der Waals surface area contributed by atoms with Gasteiger partial charge in [-0.05, 0) is 195 Å². The van der Waals surface area contributed by atoms with E-state index in [1.54, 1.807) is 0 Å². The number of unbranched alkanes of at least 4 members (excludes halogenated alkanes) is 4. The first-order chi connectivity index (χ1) is 46.3. The van der Waals surface area contributed by atoms with Crippen molar-refractivity contribution in [1.29, 1.82) is 0 Å². The third-order valence-electron chi connectivity index (χ3n) is 20.2. The molecule has 6 aromatic rings. The lowest BCUT2D eigenvalue weighted by molar-refractivity contribution is 0.0268. The normalized spacial score (nSPS) is 16.2. The number of hydrogen-bond acceptors (Lipinski definition) is 10. The zero-order valence-electron chi connectivity index (χ0n) is 64.1. The molecule has 98 heavy (non-hydrogen) atoms. The summed E-state index contributed by atoms with van der Waals surface area (Å²) in [6.07, 6.45) is 11.7. The first kappa shape index (κ1) is 76.5. The monoisotopic (exact) mass is 1340 g/mol. The standard InChI is InChI=1S/C88H126N2O8/c1-83(2,3)71-47-59-41-63-51-73(85(7,8)9)55-67-45-69-57-75(87(13,14)15)53-65-43-61-49-72(84(4,5)6)50-62(78(61)26-22-20-24-28-90)44-66-54-76(88(16,17)18)58-70(82(66)98-40-36-94-31-29-91-33-37-95-79(63)67)46-68-56-74(86(10,11)12)52-64(42-60(48-71)77(59)25-21-19-23-27-89)80(68)96-38-34-92-30-32-93-35-39-97-81(65)69/h47-58H,19-46,89-90H2,1-18H3. The number of fused-ring (bicyclic) bond motifs is 18. The third kappa shape index (κ3) is 20.3. The summed E-state index contributed by atoms with van der Waals surface area (Å²) in [6, 6.07) is 29.8. The minimum Gasteiger partial charge on any atom is -0.491 e. The SMILES string of the molecule is CC(C)(C)c1cc2c(CCCCCN)c(c1)Cc1cc(C(C)(C)C)cc3c1OCCOCCOCCOc1c4cc(C(C)(C)C)cc1Cc1cc(C(C)(C)C)cc(c1OCCOCCOCCOc1c(cc(C(C)(C)C)cc1C3)Cc1cc(C(C)(C)C)cc(c1CCCCCN)C4)C2. The Bertz CT molecular complexity index is 3200. The van der Waals surface area contributed by atoms with E-state index in [1.807, 2.05) is 0 Å². The van der Waals surface area contributed by atoms with E-state index in [1.165, 1.54) is 89.0 Å². The van der Waals surface area contributed by atoms with Crippen LogP contribution in [0.25, 0.3) is 0 Å². The van der Waals surface area contributed by atoms with E-state index in [0.717, 1.165) is 96.6 Å². The lowest BCUT2D eigenvalue weighted by Gasteiger charge is -2.29. The summed E-state index contributed by atoms with van der Waals surface area (Å²) in [5, 5.41) is 0. The smallest absolute Gasteiger partial charge is 0.126 e. The van der Waals surface area contributed by atoms with E-state index in [2.05, 4.69) is 197 Å². The maximum absolute atomic E-state index is 7.42. The molecule has 16 bridgehead atoms. The molecule has 4 N–H and O–H groups in total. The lowest BCUT2D eigenvalue weighted by atomic mass is 9.77. The Morgan fingerprint density at radius 2 is 0.408 bits per heavy atom. The molecule has 10 nitrogen and oxygen atoms in total. The molecule has 0 aromatic heterocycles. The van der Waals surface area contributed by atoms with Gasteiger partial charge in [0.15, 0.2) is 0 Å². The van der Waals surface area contributed by atoms with Crippen molar-refractivity contribution in [2.24, 2.45) is 11.5 Å². The molecule has 536 valence electrons. The highest BCUT2D eigenvalue weighted by Crippen LogP contribution is 2.45. The van der Waals surface area contributed by atoms with E-state index in [-0.39, 0.29) is 32.5 Å². The molecule has 4 heterocycles. The van der Waals surface area contributed by atoms with Crippen LogP contribution in [0.15, 0.2) is 72.8 Å². The van der Waals surface area contributed by atoms with E-state index < -0.39 is 0 Å². The fourth-order valence-electron chi connectivity index (χ4n) is 14.2. The Balaban J connectivity index is 1.51. The summed E-state index contributed by atoms with van der Waals surface area (Å²) in [7, 11) is 0. The molecule has 0 saturated heterocycles. The zero-order chi connectivity index (χ0) is 70.8. The molecule has 0 saturated carbocycles. The second-order valence-electron chi connectivity index (χ2n) is 34.6. The zero-order valence-corrected chi connectivity index (χ0v) is 64.1. The van der Waals surface area contributed by atoms with Crippen LogP contribution in [0, 0.1) is 0 Å². The van der Waals surface area contributed by atoms with E-state index in [0.29, 0.717) is 131 Å². The number of ether oxygens (including phenoxy) is 8. The Morgan fingerprint density at radius 3 is 0.592 bits per heavy atom. The number of benzene rings is 6. The largest absolute Gasteiger partial charge is 0.491 e. The molecule has 0 amide bonds. The van der Waals surface area contributed by atoms with Gasteiger partial charge in [0, 0.05) is 38.5 Å². The first-order valence-electron chi connectivity index (χ1n) is 37.5. The second-order valence-corrected chi connectivity index (χ2v) is 34.6. The van der Waals surface area contributed by atoms with Gasteiger partial charge in [-0.25, -0.2) is 0 Å². The Hall–Kier alpha value is -5.72. The van der Waals surface area contributed by atoms with Crippen molar-refractivity contribution in [2.75, 3.05) is 92.4 Å². The minimum absolute atomic E-state index is 0.173. The highest BCUT2D eigenvalue weighted by atomic mass is 16.6. The quantitative estimate of drug-likeness (QED) is 0.101.